The largest absolute Gasteiger partial charge is 0.378 e. The van der Waals surface area contributed by atoms with Crippen molar-refractivity contribution in [1.82, 2.24) is 5.32 Å². The minimum absolute atomic E-state index is 0.0408. The molecule has 0 saturated heterocycles. The molecule has 0 aliphatic heterocycles. The highest BCUT2D eigenvalue weighted by molar-refractivity contribution is 14.1. The van der Waals surface area contributed by atoms with Gasteiger partial charge in [-0.1, -0.05) is 0 Å². The molecule has 1 N–H and O–H groups in total. The van der Waals surface area contributed by atoms with E-state index in [0.717, 1.165) is 27.9 Å². The van der Waals surface area contributed by atoms with E-state index < -0.39 is 0 Å². The number of hydrogen-bond donors (Lipinski definition) is 1. The van der Waals surface area contributed by atoms with Crippen LogP contribution < -0.4 is 5.32 Å². The number of halogens is 1. The number of nitrogens with one attached hydrogen (secondary N) is 1. The van der Waals surface area contributed by atoms with Crippen molar-refractivity contribution in [3.8, 4) is 0 Å². The van der Waals surface area contributed by atoms with Crippen LogP contribution in [0.3, 0.4) is 0 Å². The molecule has 16 heavy (non-hydrogen) atoms. The van der Waals surface area contributed by atoms with E-state index in [1.807, 2.05) is 18.4 Å². The summed E-state index contributed by atoms with van der Waals surface area (Å²) in [4.78, 5) is 11.8. The second-order valence-electron chi connectivity index (χ2n) is 3.86. The van der Waals surface area contributed by atoms with Crippen LogP contribution in [0.5, 0.6) is 0 Å². The molecular formula is C11H14INO2S. The van der Waals surface area contributed by atoms with Gasteiger partial charge in [0, 0.05) is 18.0 Å². The van der Waals surface area contributed by atoms with Crippen molar-refractivity contribution >= 4 is 39.8 Å². The Labute approximate surface area is 113 Å². The molecular weight excluding hydrogens is 337 g/mol. The number of thiophene rings is 1. The second-order valence-corrected chi connectivity index (χ2v) is 6.66. The summed E-state index contributed by atoms with van der Waals surface area (Å²) in [5.41, 5.74) is 0.772. The molecule has 5 heteroatoms. The van der Waals surface area contributed by atoms with E-state index in [4.69, 9.17) is 4.74 Å². The van der Waals surface area contributed by atoms with E-state index >= 15 is 0 Å². The molecule has 1 saturated carbocycles. The minimum Gasteiger partial charge on any atom is -0.378 e. The minimum atomic E-state index is 0.0408. The summed E-state index contributed by atoms with van der Waals surface area (Å²) in [6.07, 6.45) is 2.24. The molecule has 0 bridgehead atoms. The van der Waals surface area contributed by atoms with Crippen LogP contribution in [0, 0.1) is 2.88 Å². The number of amides is 1. The summed E-state index contributed by atoms with van der Waals surface area (Å²) in [6.45, 7) is 2.76. The van der Waals surface area contributed by atoms with Crippen LogP contribution in [-0.2, 0) is 4.74 Å². The second kappa shape index (κ2) is 5.46. The van der Waals surface area contributed by atoms with Crippen LogP contribution in [0.25, 0.3) is 0 Å². The van der Waals surface area contributed by atoms with Crippen LogP contribution in [-0.4, -0.2) is 24.7 Å². The van der Waals surface area contributed by atoms with Crippen molar-refractivity contribution in [1.29, 1.82) is 0 Å². The van der Waals surface area contributed by atoms with Gasteiger partial charge < -0.3 is 10.1 Å². The molecule has 1 aliphatic carbocycles. The molecule has 0 atom stereocenters. The third-order valence-corrected chi connectivity index (χ3v) is 4.45. The summed E-state index contributed by atoms with van der Waals surface area (Å²) in [6, 6.07) is 2.21. The molecule has 0 unspecified atom stereocenters. The average molecular weight is 351 g/mol. The molecule has 1 aliphatic rings. The fourth-order valence-electron chi connectivity index (χ4n) is 1.75. The molecule has 0 radical (unpaired) electrons. The van der Waals surface area contributed by atoms with Gasteiger partial charge in [-0.2, -0.15) is 0 Å². The monoisotopic (exact) mass is 351 g/mol. The zero-order valence-corrected chi connectivity index (χ0v) is 12.0. The van der Waals surface area contributed by atoms with Crippen molar-refractivity contribution in [3.05, 3.63) is 19.9 Å². The fraction of sp³-hybridized carbons (Fsp3) is 0.545. The molecule has 1 aromatic heterocycles. The van der Waals surface area contributed by atoms with Crippen LogP contribution in [0.15, 0.2) is 11.4 Å². The summed E-state index contributed by atoms with van der Waals surface area (Å²) >= 11 is 3.82. The van der Waals surface area contributed by atoms with Crippen molar-refractivity contribution in [2.75, 3.05) is 6.61 Å². The van der Waals surface area contributed by atoms with Gasteiger partial charge in [0.2, 0.25) is 0 Å². The van der Waals surface area contributed by atoms with Crippen molar-refractivity contribution in [2.24, 2.45) is 0 Å². The normalized spacial score (nSPS) is 23.9. The summed E-state index contributed by atoms with van der Waals surface area (Å²) < 4.78 is 6.59. The van der Waals surface area contributed by atoms with Gasteiger partial charge in [-0.15, -0.1) is 11.3 Å². The van der Waals surface area contributed by atoms with E-state index in [2.05, 4.69) is 27.9 Å². The first-order chi connectivity index (χ1) is 7.69. The number of hydrogen-bond acceptors (Lipinski definition) is 3. The number of ether oxygens (including phenoxy) is 1. The van der Waals surface area contributed by atoms with Gasteiger partial charge in [-0.3, -0.25) is 4.79 Å². The Morgan fingerprint density at radius 1 is 1.69 bits per heavy atom. The van der Waals surface area contributed by atoms with E-state index in [0.29, 0.717) is 12.1 Å². The standard InChI is InChI=1S/C11H14INO2S/c1-2-15-9-4-8(5-9)13-11(14)7-3-10(12)16-6-7/h3,6,8-9H,2,4-5H2,1H3,(H,13,14). The molecule has 0 spiro atoms. The number of rotatable bonds is 4. The maximum Gasteiger partial charge on any atom is 0.252 e. The van der Waals surface area contributed by atoms with Crippen molar-refractivity contribution < 1.29 is 9.53 Å². The number of carbonyl (C=O) groups excluding carboxylic acids is 1. The maximum absolute atomic E-state index is 11.8. The summed E-state index contributed by atoms with van der Waals surface area (Å²) in [5.74, 6) is 0.0408. The highest BCUT2D eigenvalue weighted by atomic mass is 127. The van der Waals surface area contributed by atoms with Gasteiger partial charge in [0.25, 0.3) is 5.91 Å². The molecule has 0 aromatic carbocycles. The molecule has 1 heterocycles. The first-order valence-electron chi connectivity index (χ1n) is 5.35. The van der Waals surface area contributed by atoms with Crippen LogP contribution >= 0.6 is 33.9 Å². The Hall–Kier alpha value is -0.140. The van der Waals surface area contributed by atoms with Gasteiger partial charge in [0.05, 0.1) is 14.6 Å². The predicted molar refractivity (Wildman–Crippen MR) is 72.9 cm³/mol. The molecule has 1 aromatic rings. The van der Waals surface area contributed by atoms with Crippen LogP contribution in [0.1, 0.15) is 30.1 Å². The summed E-state index contributed by atoms with van der Waals surface area (Å²) in [7, 11) is 0. The maximum atomic E-state index is 11.8. The lowest BCUT2D eigenvalue weighted by atomic mass is 9.89. The lowest BCUT2D eigenvalue weighted by molar-refractivity contribution is -0.00862. The van der Waals surface area contributed by atoms with Gasteiger partial charge in [-0.25, -0.2) is 0 Å². The lowest BCUT2D eigenvalue weighted by Gasteiger charge is -2.35. The van der Waals surface area contributed by atoms with E-state index in [-0.39, 0.29) is 5.91 Å². The van der Waals surface area contributed by atoms with E-state index in [1.165, 1.54) is 0 Å². The molecule has 1 amide bonds. The Morgan fingerprint density at radius 3 is 3.00 bits per heavy atom. The molecule has 1 fully saturated rings. The van der Waals surface area contributed by atoms with Gasteiger partial charge in [0.15, 0.2) is 0 Å². The van der Waals surface area contributed by atoms with E-state index in [1.54, 1.807) is 11.3 Å². The van der Waals surface area contributed by atoms with E-state index in [9.17, 15) is 4.79 Å². The average Bonchev–Trinajstić information content (AvgIpc) is 2.61. The van der Waals surface area contributed by atoms with Crippen molar-refractivity contribution in [2.45, 2.75) is 31.9 Å². The van der Waals surface area contributed by atoms with Gasteiger partial charge >= 0.3 is 0 Å². The molecule has 3 nitrogen and oxygen atoms in total. The highest BCUT2D eigenvalue weighted by Crippen LogP contribution is 2.24. The lowest BCUT2D eigenvalue weighted by Crippen LogP contribution is -2.47. The molecule has 2 rings (SSSR count). The fourth-order valence-corrected chi connectivity index (χ4v) is 3.08. The van der Waals surface area contributed by atoms with Gasteiger partial charge in [-0.05, 0) is 48.4 Å². The smallest absolute Gasteiger partial charge is 0.252 e. The third-order valence-electron chi connectivity index (χ3n) is 2.66. The quantitative estimate of drug-likeness (QED) is 0.847. The predicted octanol–water partition coefficient (Wildman–Crippen LogP) is 2.65. The Morgan fingerprint density at radius 2 is 2.44 bits per heavy atom. The van der Waals surface area contributed by atoms with Crippen LogP contribution in [0.2, 0.25) is 0 Å². The Bertz CT molecular complexity index is 374. The third kappa shape index (κ3) is 2.95. The number of carbonyl (C=O) groups is 1. The Kier molecular flexibility index (Phi) is 4.21. The Balaban J connectivity index is 1.77. The van der Waals surface area contributed by atoms with Gasteiger partial charge in [0.1, 0.15) is 0 Å². The van der Waals surface area contributed by atoms with Crippen molar-refractivity contribution in [3.63, 3.8) is 0 Å². The first kappa shape index (κ1) is 12.3. The topological polar surface area (TPSA) is 38.3 Å². The van der Waals surface area contributed by atoms with Crippen LogP contribution in [0.4, 0.5) is 0 Å². The zero-order chi connectivity index (χ0) is 11.5. The SMILES string of the molecule is CCOC1CC(NC(=O)c2csc(I)c2)C1. The summed E-state index contributed by atoms with van der Waals surface area (Å²) in [5, 5.41) is 4.92. The first-order valence-corrected chi connectivity index (χ1v) is 7.31. The zero-order valence-electron chi connectivity index (χ0n) is 9.03. The highest BCUT2D eigenvalue weighted by Gasteiger charge is 2.30. The molecule has 88 valence electrons.